The molecule has 1 N–H and O–H groups in total. The third-order valence-electron chi connectivity index (χ3n) is 7.44. The van der Waals surface area contributed by atoms with Crippen molar-refractivity contribution in [3.05, 3.63) is 29.8 Å². The number of piperazine rings is 1. The third kappa shape index (κ3) is 6.19. The Balaban J connectivity index is 1.30. The van der Waals surface area contributed by atoms with Gasteiger partial charge in [0.2, 0.25) is 5.91 Å². The Morgan fingerprint density at radius 1 is 1.06 bits per heavy atom. The molecule has 0 bridgehead atoms. The number of quaternary nitrogens is 1. The van der Waals surface area contributed by atoms with Crippen molar-refractivity contribution in [1.82, 2.24) is 4.90 Å². The second-order valence-corrected chi connectivity index (χ2v) is 9.77. The van der Waals surface area contributed by atoms with Crippen LogP contribution in [0.15, 0.2) is 24.3 Å². The van der Waals surface area contributed by atoms with Crippen LogP contribution in [0.4, 0.5) is 18.9 Å². The van der Waals surface area contributed by atoms with Crippen LogP contribution in [0.2, 0.25) is 0 Å². The number of nitrogens with zero attached hydrogens (tertiary/aromatic N) is 2. The molecule has 1 amide bonds. The number of halogens is 3. The largest absolute Gasteiger partial charge is 0.550 e. The van der Waals surface area contributed by atoms with Gasteiger partial charge in [0.05, 0.1) is 38.3 Å². The molecule has 182 valence electrons. The molecule has 1 saturated carbocycles. The quantitative estimate of drug-likeness (QED) is 0.645. The van der Waals surface area contributed by atoms with Crippen LogP contribution in [0.1, 0.15) is 37.7 Å². The molecule has 2 heterocycles. The fourth-order valence-electron chi connectivity index (χ4n) is 5.28. The molecule has 0 radical (unpaired) electrons. The van der Waals surface area contributed by atoms with E-state index in [9.17, 15) is 27.9 Å². The summed E-state index contributed by atoms with van der Waals surface area (Å²) in [6.07, 6.45) is -0.846. The molecule has 4 rings (SSSR count). The van der Waals surface area contributed by atoms with E-state index in [0.29, 0.717) is 38.3 Å². The van der Waals surface area contributed by atoms with Crippen molar-refractivity contribution in [3.63, 3.8) is 0 Å². The average Bonchev–Trinajstić information content (AvgIpc) is 3.63. The Kier molecular flexibility index (Phi) is 7.16. The number of carbonyl (C=O) groups is 2. The van der Waals surface area contributed by atoms with Crippen LogP contribution in [-0.4, -0.2) is 62.6 Å². The maximum absolute atomic E-state index is 13.0. The predicted molar refractivity (Wildman–Crippen MR) is 114 cm³/mol. The van der Waals surface area contributed by atoms with Crippen molar-refractivity contribution in [1.29, 1.82) is 0 Å². The highest BCUT2D eigenvalue weighted by molar-refractivity contribution is 5.81. The molecule has 6 nitrogen and oxygen atoms in total. The summed E-state index contributed by atoms with van der Waals surface area (Å²) in [6.45, 7) is 5.11. The number of amides is 1. The Morgan fingerprint density at radius 3 is 2.42 bits per heavy atom. The first-order chi connectivity index (χ1) is 15.7. The zero-order chi connectivity index (χ0) is 23.6. The number of benzene rings is 1. The molecular weight excluding hydrogens is 435 g/mol. The van der Waals surface area contributed by atoms with Gasteiger partial charge in [-0.15, -0.1) is 0 Å². The minimum atomic E-state index is -4.35. The van der Waals surface area contributed by atoms with E-state index in [1.54, 1.807) is 6.07 Å². The normalized spacial score (nSPS) is 24.7. The summed E-state index contributed by atoms with van der Waals surface area (Å²) in [5, 5.41) is 11.2. The topological polar surface area (TPSA) is 68.1 Å². The number of nitrogens with one attached hydrogen (secondary N) is 1. The number of carbonyl (C=O) groups excluding carboxylic acids is 2. The van der Waals surface area contributed by atoms with Gasteiger partial charge in [0, 0.05) is 37.1 Å². The van der Waals surface area contributed by atoms with Crippen LogP contribution in [0.3, 0.4) is 0 Å². The molecular formula is C24H32F3N3O3. The highest BCUT2D eigenvalue weighted by atomic mass is 19.4. The van der Waals surface area contributed by atoms with Gasteiger partial charge in [0.15, 0.2) is 0 Å². The van der Waals surface area contributed by atoms with Gasteiger partial charge in [-0.05, 0) is 55.7 Å². The minimum absolute atomic E-state index is 0.0315. The van der Waals surface area contributed by atoms with Gasteiger partial charge in [0.25, 0.3) is 0 Å². The zero-order valence-corrected chi connectivity index (χ0v) is 18.8. The second-order valence-electron chi connectivity index (χ2n) is 9.77. The lowest BCUT2D eigenvalue weighted by Crippen LogP contribution is -3.15. The van der Waals surface area contributed by atoms with Gasteiger partial charge < -0.3 is 24.6 Å². The molecule has 2 atom stereocenters. The van der Waals surface area contributed by atoms with Crippen LogP contribution in [0.25, 0.3) is 0 Å². The molecule has 9 heteroatoms. The molecule has 33 heavy (non-hydrogen) atoms. The van der Waals surface area contributed by atoms with Crippen molar-refractivity contribution in [2.75, 3.05) is 50.7 Å². The van der Waals surface area contributed by atoms with Crippen LogP contribution in [0.5, 0.6) is 0 Å². The van der Waals surface area contributed by atoms with Crippen LogP contribution < -0.4 is 14.9 Å². The maximum Gasteiger partial charge on any atom is 0.416 e. The standard InChI is InChI=1S/C24H32F3N3O3/c25-24(26,27)20-2-1-3-21(15-20)29-12-10-28(11-13-29)8-6-19-16-30(23(33)17-4-5-17)9-7-18(19)14-22(31)32/h1-3,15,17-19H,4-14,16H2,(H,31,32)/t18-,19-/m0/s1. The summed E-state index contributed by atoms with van der Waals surface area (Å²) in [7, 11) is 0. The monoisotopic (exact) mass is 467 g/mol. The first-order valence-electron chi connectivity index (χ1n) is 11.9. The molecule has 1 aliphatic carbocycles. The number of aliphatic carboxylic acids is 1. The van der Waals surface area contributed by atoms with Crippen molar-refractivity contribution < 1.29 is 32.8 Å². The van der Waals surface area contributed by atoms with Crippen molar-refractivity contribution in [2.45, 2.75) is 38.3 Å². The van der Waals surface area contributed by atoms with Crippen molar-refractivity contribution in [2.24, 2.45) is 17.8 Å². The minimum Gasteiger partial charge on any atom is -0.550 e. The van der Waals surface area contributed by atoms with E-state index in [2.05, 4.69) is 0 Å². The summed E-state index contributed by atoms with van der Waals surface area (Å²) < 4.78 is 39.1. The molecule has 0 unspecified atom stereocenters. The lowest BCUT2D eigenvalue weighted by molar-refractivity contribution is -0.901. The smallest absolute Gasteiger partial charge is 0.416 e. The number of hydrogen-bond donors (Lipinski definition) is 1. The van der Waals surface area contributed by atoms with Crippen LogP contribution >= 0.6 is 0 Å². The Labute approximate surface area is 192 Å². The summed E-state index contributed by atoms with van der Waals surface area (Å²) in [5.74, 6) is -0.474. The molecule has 0 aromatic heterocycles. The van der Waals surface area contributed by atoms with Crippen LogP contribution in [-0.2, 0) is 15.8 Å². The number of anilines is 1. The lowest BCUT2D eigenvalue weighted by atomic mass is 9.81. The number of carboxylic acid groups (broad SMARTS) is 1. The van der Waals surface area contributed by atoms with Gasteiger partial charge in [-0.1, -0.05) is 6.07 Å². The van der Waals surface area contributed by atoms with Gasteiger partial charge in [-0.25, -0.2) is 0 Å². The van der Waals surface area contributed by atoms with E-state index in [-0.39, 0.29) is 30.1 Å². The highest BCUT2D eigenvalue weighted by Crippen LogP contribution is 2.35. The summed E-state index contributed by atoms with van der Waals surface area (Å²) in [5.41, 5.74) is -0.0317. The SMILES string of the molecule is O=C([O-])C[C@@H]1CCN(C(=O)C2CC2)C[C@@H]1CC[NH+]1CCN(c2cccc(C(F)(F)F)c2)CC1. The number of hydrogen-bond acceptors (Lipinski definition) is 4. The van der Waals surface area contributed by atoms with E-state index in [1.807, 2.05) is 9.80 Å². The van der Waals surface area contributed by atoms with Gasteiger partial charge >= 0.3 is 6.18 Å². The fourth-order valence-corrected chi connectivity index (χ4v) is 5.28. The van der Waals surface area contributed by atoms with Gasteiger partial charge in [0.1, 0.15) is 0 Å². The van der Waals surface area contributed by atoms with E-state index in [4.69, 9.17) is 0 Å². The summed E-state index contributed by atoms with van der Waals surface area (Å²) in [4.78, 5) is 29.0. The predicted octanol–water partition coefficient (Wildman–Crippen LogP) is 0.815. The highest BCUT2D eigenvalue weighted by Gasteiger charge is 2.38. The van der Waals surface area contributed by atoms with Gasteiger partial charge in [-0.3, -0.25) is 4.79 Å². The maximum atomic E-state index is 13.0. The van der Waals surface area contributed by atoms with E-state index < -0.39 is 17.7 Å². The lowest BCUT2D eigenvalue weighted by Gasteiger charge is -2.40. The molecule has 3 fully saturated rings. The molecule has 1 aromatic rings. The molecule has 3 aliphatic rings. The summed E-state index contributed by atoms with van der Waals surface area (Å²) in [6, 6.07) is 5.48. The number of carboxylic acids is 1. The average molecular weight is 468 g/mol. The first kappa shape index (κ1) is 23.9. The van der Waals surface area contributed by atoms with Crippen LogP contribution in [0, 0.1) is 17.8 Å². The Hall–Kier alpha value is -2.29. The Morgan fingerprint density at radius 2 is 1.79 bits per heavy atom. The summed E-state index contributed by atoms with van der Waals surface area (Å²) >= 11 is 0. The number of alkyl halides is 3. The molecule has 2 saturated heterocycles. The first-order valence-corrected chi connectivity index (χ1v) is 11.9. The molecule has 0 spiro atoms. The van der Waals surface area contributed by atoms with E-state index in [1.165, 1.54) is 17.0 Å². The fraction of sp³-hybridized carbons (Fsp3) is 0.667. The molecule has 2 aliphatic heterocycles. The van der Waals surface area contributed by atoms with Crippen molar-refractivity contribution in [3.8, 4) is 0 Å². The number of likely N-dealkylation sites (tertiary alicyclic amines) is 1. The second kappa shape index (κ2) is 9.91. The molecule has 1 aromatic carbocycles. The zero-order valence-electron chi connectivity index (χ0n) is 18.8. The third-order valence-corrected chi connectivity index (χ3v) is 7.44. The van der Waals surface area contributed by atoms with Crippen molar-refractivity contribution >= 4 is 17.6 Å². The number of piperidine rings is 1. The Bertz CT molecular complexity index is 851. The van der Waals surface area contributed by atoms with E-state index >= 15 is 0 Å². The van der Waals surface area contributed by atoms with Gasteiger partial charge in [-0.2, -0.15) is 13.2 Å². The number of rotatable bonds is 7. The van der Waals surface area contributed by atoms with E-state index in [0.717, 1.165) is 45.0 Å².